The second-order valence-corrected chi connectivity index (χ2v) is 6.72. The average Bonchev–Trinajstić information content (AvgIpc) is 2.80. The van der Waals surface area contributed by atoms with Crippen molar-refractivity contribution in [3.8, 4) is 0 Å². The van der Waals surface area contributed by atoms with Crippen molar-refractivity contribution in [2.24, 2.45) is 11.7 Å². The third-order valence-electron chi connectivity index (χ3n) is 3.37. The Morgan fingerprint density at radius 2 is 2.11 bits per heavy atom. The van der Waals surface area contributed by atoms with Gasteiger partial charge in [0.25, 0.3) is 5.91 Å². The van der Waals surface area contributed by atoms with Crippen LogP contribution in [-0.4, -0.2) is 17.9 Å². The molecule has 4 nitrogen and oxygen atoms in total. The van der Waals surface area contributed by atoms with Crippen molar-refractivity contribution in [3.05, 3.63) is 31.8 Å². The highest BCUT2D eigenvalue weighted by atomic mass is 127. The molecule has 19 heavy (non-hydrogen) atoms. The molecule has 1 aromatic carbocycles. The van der Waals surface area contributed by atoms with E-state index in [1.165, 1.54) is 0 Å². The predicted octanol–water partition coefficient (Wildman–Crippen LogP) is 2.44. The lowest BCUT2D eigenvalue weighted by atomic mass is 10.0. The molecule has 0 bridgehead atoms. The smallest absolute Gasteiger partial charge is 0.252 e. The topological polar surface area (TPSA) is 72.2 Å². The Bertz CT molecular complexity index is 521. The van der Waals surface area contributed by atoms with E-state index >= 15 is 0 Å². The van der Waals surface area contributed by atoms with E-state index < -0.39 is 0 Å². The third-order valence-corrected chi connectivity index (χ3v) is 4.80. The minimum Gasteiger partial charge on any atom is -0.369 e. The van der Waals surface area contributed by atoms with Crippen LogP contribution in [0.1, 0.15) is 29.6 Å². The molecule has 2 unspecified atom stereocenters. The van der Waals surface area contributed by atoms with Crippen molar-refractivity contribution in [1.82, 2.24) is 5.32 Å². The van der Waals surface area contributed by atoms with Crippen LogP contribution in [0, 0.1) is 9.49 Å². The summed E-state index contributed by atoms with van der Waals surface area (Å²) in [6, 6.07) is 5.41. The highest BCUT2D eigenvalue weighted by molar-refractivity contribution is 14.1. The number of benzene rings is 1. The number of amides is 2. The van der Waals surface area contributed by atoms with Gasteiger partial charge in [-0.2, -0.15) is 0 Å². The number of nitrogens with one attached hydrogen (secondary N) is 1. The summed E-state index contributed by atoms with van der Waals surface area (Å²) >= 11 is 5.48. The molecule has 0 spiro atoms. The second kappa shape index (κ2) is 6.21. The van der Waals surface area contributed by atoms with Gasteiger partial charge in [-0.3, -0.25) is 9.59 Å². The maximum absolute atomic E-state index is 12.3. The molecule has 2 amide bonds. The summed E-state index contributed by atoms with van der Waals surface area (Å²) in [5.41, 5.74) is 5.97. The van der Waals surface area contributed by atoms with E-state index in [1.54, 1.807) is 6.07 Å². The number of carbonyl (C=O) groups excluding carboxylic acids is 2. The summed E-state index contributed by atoms with van der Waals surface area (Å²) in [6.07, 6.45) is 2.49. The molecule has 6 heteroatoms. The zero-order chi connectivity index (χ0) is 14.0. The first-order chi connectivity index (χ1) is 8.99. The van der Waals surface area contributed by atoms with E-state index in [0.717, 1.165) is 27.3 Å². The minimum atomic E-state index is -0.327. The Balaban J connectivity index is 2.12. The molecule has 1 aliphatic rings. The summed E-state index contributed by atoms with van der Waals surface area (Å²) < 4.78 is 1.74. The summed E-state index contributed by atoms with van der Waals surface area (Å²) in [6.45, 7) is 0. The highest BCUT2D eigenvalue weighted by Crippen LogP contribution is 2.26. The van der Waals surface area contributed by atoms with Gasteiger partial charge in [-0.25, -0.2) is 0 Å². The third kappa shape index (κ3) is 3.47. The Labute approximate surface area is 133 Å². The lowest BCUT2D eigenvalue weighted by molar-refractivity contribution is -0.122. The SMILES string of the molecule is NC(=O)C1CCCC1NC(=O)c1cc(Br)ccc1I. The normalized spacial score (nSPS) is 22.2. The number of halogens is 2. The molecule has 0 saturated heterocycles. The number of primary amides is 1. The molecule has 0 radical (unpaired) electrons. The summed E-state index contributed by atoms with van der Waals surface area (Å²) in [7, 11) is 0. The molecule has 1 aromatic rings. The number of carbonyl (C=O) groups is 2. The van der Waals surface area contributed by atoms with Gasteiger partial charge >= 0.3 is 0 Å². The molecule has 1 saturated carbocycles. The van der Waals surface area contributed by atoms with Crippen LogP contribution in [0.15, 0.2) is 22.7 Å². The molecule has 0 heterocycles. The van der Waals surface area contributed by atoms with Crippen molar-refractivity contribution in [2.75, 3.05) is 0 Å². The van der Waals surface area contributed by atoms with Gasteiger partial charge in [-0.15, -0.1) is 0 Å². The maximum Gasteiger partial charge on any atom is 0.252 e. The van der Waals surface area contributed by atoms with E-state index in [9.17, 15) is 9.59 Å². The van der Waals surface area contributed by atoms with Crippen LogP contribution in [0.5, 0.6) is 0 Å². The minimum absolute atomic E-state index is 0.139. The fourth-order valence-corrected chi connectivity index (χ4v) is 3.33. The average molecular weight is 437 g/mol. The molecular formula is C13H14BrIN2O2. The van der Waals surface area contributed by atoms with Gasteiger partial charge in [0.2, 0.25) is 5.91 Å². The van der Waals surface area contributed by atoms with Gasteiger partial charge in [-0.1, -0.05) is 22.4 Å². The largest absolute Gasteiger partial charge is 0.369 e. The van der Waals surface area contributed by atoms with Crippen LogP contribution in [0.2, 0.25) is 0 Å². The zero-order valence-electron chi connectivity index (χ0n) is 10.2. The predicted molar refractivity (Wildman–Crippen MR) is 84.6 cm³/mol. The fourth-order valence-electron chi connectivity index (χ4n) is 2.39. The maximum atomic E-state index is 12.3. The van der Waals surface area contributed by atoms with E-state index in [-0.39, 0.29) is 23.8 Å². The van der Waals surface area contributed by atoms with Gasteiger partial charge in [0.15, 0.2) is 0 Å². The van der Waals surface area contributed by atoms with Crippen LogP contribution in [0.4, 0.5) is 0 Å². The highest BCUT2D eigenvalue weighted by Gasteiger charge is 2.32. The van der Waals surface area contributed by atoms with Gasteiger partial charge in [0.05, 0.1) is 11.5 Å². The fraction of sp³-hybridized carbons (Fsp3) is 0.385. The van der Waals surface area contributed by atoms with Crippen molar-refractivity contribution in [3.63, 3.8) is 0 Å². The number of hydrogen-bond donors (Lipinski definition) is 2. The van der Waals surface area contributed by atoms with Crippen molar-refractivity contribution in [1.29, 1.82) is 0 Å². The van der Waals surface area contributed by atoms with Gasteiger partial charge in [-0.05, 0) is 53.6 Å². The molecular weight excluding hydrogens is 423 g/mol. The van der Waals surface area contributed by atoms with Crippen LogP contribution in [0.25, 0.3) is 0 Å². The van der Waals surface area contributed by atoms with Gasteiger partial charge in [0, 0.05) is 14.1 Å². The molecule has 0 aliphatic heterocycles. The molecule has 0 aromatic heterocycles. The van der Waals surface area contributed by atoms with E-state index in [4.69, 9.17) is 5.73 Å². The zero-order valence-corrected chi connectivity index (χ0v) is 13.9. The number of rotatable bonds is 3. The molecule has 1 fully saturated rings. The molecule has 2 rings (SSSR count). The first-order valence-corrected chi connectivity index (χ1v) is 7.91. The first kappa shape index (κ1) is 14.8. The van der Waals surface area contributed by atoms with Gasteiger partial charge < -0.3 is 11.1 Å². The molecule has 3 N–H and O–H groups in total. The Morgan fingerprint density at radius 1 is 1.37 bits per heavy atom. The van der Waals surface area contributed by atoms with Gasteiger partial charge in [0.1, 0.15) is 0 Å². The summed E-state index contributed by atoms with van der Waals surface area (Å²) in [5, 5.41) is 2.93. The summed E-state index contributed by atoms with van der Waals surface area (Å²) in [4.78, 5) is 23.6. The van der Waals surface area contributed by atoms with Crippen molar-refractivity contribution in [2.45, 2.75) is 25.3 Å². The number of hydrogen-bond acceptors (Lipinski definition) is 2. The first-order valence-electron chi connectivity index (χ1n) is 6.04. The van der Waals surface area contributed by atoms with E-state index in [1.807, 2.05) is 12.1 Å². The quantitative estimate of drug-likeness (QED) is 0.714. The monoisotopic (exact) mass is 436 g/mol. The molecule has 1 aliphatic carbocycles. The van der Waals surface area contributed by atoms with Crippen LogP contribution in [0.3, 0.4) is 0 Å². The Morgan fingerprint density at radius 3 is 2.79 bits per heavy atom. The Hall–Kier alpha value is -0.630. The number of nitrogens with two attached hydrogens (primary N) is 1. The Kier molecular flexibility index (Phi) is 4.83. The lowest BCUT2D eigenvalue weighted by Crippen LogP contribution is -2.42. The van der Waals surface area contributed by atoms with Crippen LogP contribution < -0.4 is 11.1 Å². The summed E-state index contributed by atoms with van der Waals surface area (Å²) in [5.74, 6) is -0.718. The van der Waals surface area contributed by atoms with E-state index in [2.05, 4.69) is 43.8 Å². The van der Waals surface area contributed by atoms with Crippen LogP contribution in [-0.2, 0) is 4.79 Å². The molecule has 102 valence electrons. The molecule has 2 atom stereocenters. The van der Waals surface area contributed by atoms with Crippen LogP contribution >= 0.6 is 38.5 Å². The lowest BCUT2D eigenvalue weighted by Gasteiger charge is -2.18. The second-order valence-electron chi connectivity index (χ2n) is 4.64. The standard InChI is InChI=1S/C13H14BrIN2O2/c14-7-4-5-10(15)9(6-7)13(19)17-11-3-1-2-8(11)12(16)18/h4-6,8,11H,1-3H2,(H2,16,18)(H,17,19). The van der Waals surface area contributed by atoms with Crippen molar-refractivity contribution >= 4 is 50.3 Å². The van der Waals surface area contributed by atoms with E-state index in [0.29, 0.717) is 5.56 Å². The van der Waals surface area contributed by atoms with Crippen molar-refractivity contribution < 1.29 is 9.59 Å².